The van der Waals surface area contributed by atoms with Gasteiger partial charge in [0.25, 0.3) is 0 Å². The molecule has 8 heteroatoms. The maximum absolute atomic E-state index is 14.0. The van der Waals surface area contributed by atoms with E-state index in [-0.39, 0.29) is 29.2 Å². The number of nitrogens with zero attached hydrogens (tertiary/aromatic N) is 1. The van der Waals surface area contributed by atoms with E-state index in [0.29, 0.717) is 0 Å². The summed E-state index contributed by atoms with van der Waals surface area (Å²) < 4.78 is 39.8. The highest BCUT2D eigenvalue weighted by molar-refractivity contribution is 9.10. The number of nitrogen functional groups attached to an aromatic ring is 1. The molecule has 3 rings (SSSR count). The first-order valence-electron chi connectivity index (χ1n) is 6.21. The third kappa shape index (κ3) is 2.14. The van der Waals surface area contributed by atoms with Crippen molar-refractivity contribution in [3.8, 4) is 0 Å². The van der Waals surface area contributed by atoms with Crippen molar-refractivity contribution in [3.63, 3.8) is 0 Å². The molecular formula is C12H14BrFN2O3S. The van der Waals surface area contributed by atoms with E-state index in [1.165, 1.54) is 6.07 Å². The van der Waals surface area contributed by atoms with Gasteiger partial charge in [-0.3, -0.25) is 0 Å². The Morgan fingerprint density at radius 1 is 1.40 bits per heavy atom. The molecule has 3 N–H and O–H groups in total. The van der Waals surface area contributed by atoms with E-state index in [4.69, 9.17) is 5.73 Å². The van der Waals surface area contributed by atoms with Gasteiger partial charge in [-0.2, -0.15) is 4.31 Å². The van der Waals surface area contributed by atoms with Gasteiger partial charge in [-0.25, -0.2) is 12.8 Å². The number of β-amino-alcohol motifs (C(OH)–C–C–N with tert-alkyl or cyclic N) is 1. The van der Waals surface area contributed by atoms with Crippen molar-refractivity contribution in [2.75, 3.05) is 18.8 Å². The average molecular weight is 365 g/mol. The van der Waals surface area contributed by atoms with E-state index >= 15 is 0 Å². The van der Waals surface area contributed by atoms with Crippen LogP contribution in [0.2, 0.25) is 0 Å². The summed E-state index contributed by atoms with van der Waals surface area (Å²) in [6.07, 6.45) is 1.84. The number of halogens is 2. The fourth-order valence-electron chi connectivity index (χ4n) is 2.52. The number of rotatable bonds is 3. The summed E-state index contributed by atoms with van der Waals surface area (Å²) in [6.45, 7) is 0.0394. The Balaban J connectivity index is 1.90. The SMILES string of the molecule is Nc1cc(Br)c(F)c(S(=O)(=O)N2CC(O)(C3CC3)C2)c1. The average Bonchev–Trinajstić information content (AvgIpc) is 3.13. The van der Waals surface area contributed by atoms with Crippen LogP contribution in [0.1, 0.15) is 12.8 Å². The lowest BCUT2D eigenvalue weighted by Gasteiger charge is -2.45. The molecule has 0 unspecified atom stereocenters. The molecule has 1 saturated heterocycles. The lowest BCUT2D eigenvalue weighted by atomic mass is 9.91. The number of benzene rings is 1. The maximum Gasteiger partial charge on any atom is 0.246 e. The van der Waals surface area contributed by atoms with Crippen molar-refractivity contribution in [1.82, 2.24) is 4.31 Å². The van der Waals surface area contributed by atoms with Crippen molar-refractivity contribution in [3.05, 3.63) is 22.4 Å². The van der Waals surface area contributed by atoms with Crippen LogP contribution in [0.15, 0.2) is 21.5 Å². The zero-order valence-electron chi connectivity index (χ0n) is 10.5. The van der Waals surface area contributed by atoms with Crippen LogP contribution in [-0.2, 0) is 10.0 Å². The standard InChI is InChI=1S/C12H14BrFN2O3S/c13-9-3-8(15)4-10(11(9)14)20(18,19)16-5-12(17,6-16)7-1-2-7/h3-4,7,17H,1-2,5-6,15H2. The summed E-state index contributed by atoms with van der Waals surface area (Å²) in [5, 5.41) is 10.2. The minimum absolute atomic E-state index is 0.00838. The highest BCUT2D eigenvalue weighted by Crippen LogP contribution is 2.46. The van der Waals surface area contributed by atoms with E-state index in [2.05, 4.69) is 15.9 Å². The minimum Gasteiger partial charge on any atom is -0.399 e. The fraction of sp³-hybridized carbons (Fsp3) is 0.500. The van der Waals surface area contributed by atoms with Crippen LogP contribution in [0.5, 0.6) is 0 Å². The molecule has 0 atom stereocenters. The minimum atomic E-state index is -3.97. The molecular weight excluding hydrogens is 351 g/mol. The highest BCUT2D eigenvalue weighted by atomic mass is 79.9. The van der Waals surface area contributed by atoms with Crippen LogP contribution >= 0.6 is 15.9 Å². The molecule has 5 nitrogen and oxygen atoms in total. The third-order valence-electron chi connectivity index (χ3n) is 3.87. The van der Waals surface area contributed by atoms with Crippen LogP contribution in [0.4, 0.5) is 10.1 Å². The Labute approximate surface area is 124 Å². The molecule has 0 amide bonds. The zero-order valence-corrected chi connectivity index (χ0v) is 12.9. The molecule has 1 aromatic rings. The summed E-state index contributed by atoms with van der Waals surface area (Å²) in [5.41, 5.74) is 4.79. The van der Waals surface area contributed by atoms with Gasteiger partial charge in [0, 0.05) is 18.8 Å². The summed E-state index contributed by atoms with van der Waals surface area (Å²) in [4.78, 5) is -0.456. The molecule has 1 aromatic carbocycles. The van der Waals surface area contributed by atoms with Gasteiger partial charge in [0.2, 0.25) is 10.0 Å². The fourth-order valence-corrected chi connectivity index (χ4v) is 4.82. The number of sulfonamides is 1. The number of aliphatic hydroxyl groups is 1. The van der Waals surface area contributed by atoms with E-state index in [9.17, 15) is 17.9 Å². The van der Waals surface area contributed by atoms with Gasteiger partial charge >= 0.3 is 0 Å². The van der Waals surface area contributed by atoms with Gasteiger partial charge in [0.15, 0.2) is 5.82 Å². The first-order valence-corrected chi connectivity index (χ1v) is 8.44. The second kappa shape index (κ2) is 4.40. The van der Waals surface area contributed by atoms with Crippen molar-refractivity contribution in [1.29, 1.82) is 0 Å². The van der Waals surface area contributed by atoms with Crippen molar-refractivity contribution in [2.45, 2.75) is 23.3 Å². The highest BCUT2D eigenvalue weighted by Gasteiger charge is 2.55. The molecule has 1 aliphatic carbocycles. The van der Waals surface area contributed by atoms with Crippen LogP contribution < -0.4 is 5.73 Å². The van der Waals surface area contributed by atoms with E-state index in [1.54, 1.807) is 0 Å². The van der Waals surface area contributed by atoms with Crippen LogP contribution in [0, 0.1) is 11.7 Å². The van der Waals surface area contributed by atoms with Crippen LogP contribution in [0.3, 0.4) is 0 Å². The molecule has 0 spiro atoms. The predicted octanol–water partition coefficient (Wildman–Crippen LogP) is 1.32. The van der Waals surface area contributed by atoms with E-state index < -0.39 is 26.3 Å². The monoisotopic (exact) mass is 364 g/mol. The van der Waals surface area contributed by atoms with Gasteiger partial charge in [-0.15, -0.1) is 0 Å². The Kier molecular flexibility index (Phi) is 3.13. The van der Waals surface area contributed by atoms with Crippen LogP contribution in [0.25, 0.3) is 0 Å². The number of nitrogens with two attached hydrogens (primary N) is 1. The first kappa shape index (κ1) is 14.2. The number of hydrogen-bond acceptors (Lipinski definition) is 4. The molecule has 1 saturated carbocycles. The van der Waals surface area contributed by atoms with Gasteiger partial charge in [0.05, 0.1) is 10.1 Å². The quantitative estimate of drug-likeness (QED) is 0.792. The molecule has 0 bridgehead atoms. The lowest BCUT2D eigenvalue weighted by molar-refractivity contribution is -0.0765. The normalized spacial score (nSPS) is 22.6. The van der Waals surface area contributed by atoms with Crippen molar-refractivity contribution in [2.24, 2.45) is 5.92 Å². The summed E-state index contributed by atoms with van der Waals surface area (Å²) in [6, 6.07) is 2.41. The third-order valence-corrected chi connectivity index (χ3v) is 6.24. The second-order valence-electron chi connectivity index (χ2n) is 5.47. The lowest BCUT2D eigenvalue weighted by Crippen LogP contribution is -2.64. The molecule has 1 heterocycles. The van der Waals surface area contributed by atoms with Crippen molar-refractivity contribution < 1.29 is 17.9 Å². The van der Waals surface area contributed by atoms with Gasteiger partial charge in [0.1, 0.15) is 4.90 Å². The number of hydrogen-bond donors (Lipinski definition) is 2. The predicted molar refractivity (Wildman–Crippen MR) is 74.9 cm³/mol. The zero-order chi connectivity index (χ0) is 14.7. The first-order chi connectivity index (χ1) is 9.24. The second-order valence-corrected chi connectivity index (χ2v) is 8.23. The summed E-state index contributed by atoms with van der Waals surface area (Å²) in [7, 11) is -3.97. The Morgan fingerprint density at radius 3 is 2.55 bits per heavy atom. The molecule has 20 heavy (non-hydrogen) atoms. The molecule has 110 valence electrons. The molecule has 2 aliphatic rings. The maximum atomic E-state index is 14.0. The Bertz CT molecular complexity index is 670. The molecule has 0 aromatic heterocycles. The van der Waals surface area contributed by atoms with E-state index in [0.717, 1.165) is 23.2 Å². The number of anilines is 1. The molecule has 2 fully saturated rings. The largest absolute Gasteiger partial charge is 0.399 e. The summed E-state index contributed by atoms with van der Waals surface area (Å²) in [5.74, 6) is -0.688. The Morgan fingerprint density at radius 2 is 2.00 bits per heavy atom. The summed E-state index contributed by atoms with van der Waals surface area (Å²) >= 11 is 2.95. The van der Waals surface area contributed by atoms with Crippen LogP contribution in [-0.4, -0.2) is 36.5 Å². The van der Waals surface area contributed by atoms with Gasteiger partial charge in [-0.1, -0.05) is 0 Å². The smallest absolute Gasteiger partial charge is 0.246 e. The topological polar surface area (TPSA) is 83.6 Å². The Hall–Kier alpha value is -0.700. The van der Waals surface area contributed by atoms with Crippen molar-refractivity contribution >= 4 is 31.6 Å². The van der Waals surface area contributed by atoms with E-state index in [1.807, 2.05) is 0 Å². The van der Waals surface area contributed by atoms with Gasteiger partial charge in [-0.05, 0) is 46.8 Å². The molecule has 0 radical (unpaired) electrons. The van der Waals surface area contributed by atoms with Gasteiger partial charge < -0.3 is 10.8 Å². The molecule has 1 aliphatic heterocycles.